The normalized spacial score (nSPS) is 34.2. The lowest BCUT2D eigenvalue weighted by molar-refractivity contribution is -0.198. The maximum atomic E-state index is 13.7. The molecule has 0 radical (unpaired) electrons. The first kappa shape index (κ1) is 26.8. The number of aliphatic hydroxyl groups excluding tert-OH is 1. The highest BCUT2D eigenvalue weighted by Crippen LogP contribution is 2.58. The van der Waals surface area contributed by atoms with Gasteiger partial charge in [0.05, 0.1) is 12.0 Å². The largest absolute Gasteiger partial charge is 0.462 e. The summed E-state index contributed by atoms with van der Waals surface area (Å²) in [5.74, 6) is -4.04. The van der Waals surface area contributed by atoms with Gasteiger partial charge < -0.3 is 19.3 Å². The third-order valence-electron chi connectivity index (χ3n) is 7.99. The number of carbonyl (C=O) groups is 5. The summed E-state index contributed by atoms with van der Waals surface area (Å²) >= 11 is 0. The lowest BCUT2D eigenvalue weighted by Gasteiger charge is -2.57. The summed E-state index contributed by atoms with van der Waals surface area (Å²) in [7, 11) is 0. The van der Waals surface area contributed by atoms with Crippen molar-refractivity contribution in [2.24, 2.45) is 22.7 Å². The van der Waals surface area contributed by atoms with Crippen LogP contribution in [0.2, 0.25) is 0 Å². The molecule has 1 saturated carbocycles. The van der Waals surface area contributed by atoms with Crippen LogP contribution in [0.5, 0.6) is 0 Å². The van der Waals surface area contributed by atoms with E-state index in [4.69, 9.17) is 14.2 Å². The average molecular weight is 491 g/mol. The highest BCUT2D eigenvalue weighted by molar-refractivity contribution is 5.98. The van der Waals surface area contributed by atoms with Gasteiger partial charge in [0.25, 0.3) is 0 Å². The molecule has 0 amide bonds. The maximum absolute atomic E-state index is 13.7. The minimum atomic E-state index is -1.53. The summed E-state index contributed by atoms with van der Waals surface area (Å²) in [6, 6.07) is 0. The molecular weight excluding hydrogens is 456 g/mol. The van der Waals surface area contributed by atoms with Gasteiger partial charge in [0.1, 0.15) is 11.9 Å². The van der Waals surface area contributed by atoms with Gasteiger partial charge in [-0.2, -0.15) is 0 Å². The van der Waals surface area contributed by atoms with Crippen molar-refractivity contribution in [2.75, 3.05) is 6.61 Å². The molecule has 6 atom stereocenters. The van der Waals surface area contributed by atoms with Gasteiger partial charge in [-0.05, 0) is 36.0 Å². The Bertz CT molecular complexity index is 1030. The molecule has 35 heavy (non-hydrogen) atoms. The maximum Gasteiger partial charge on any atom is 0.303 e. The fourth-order valence-corrected chi connectivity index (χ4v) is 6.43. The summed E-state index contributed by atoms with van der Waals surface area (Å²) in [6.45, 7) is 10.1. The molecule has 0 heterocycles. The molecule has 3 aliphatic carbocycles. The van der Waals surface area contributed by atoms with E-state index in [9.17, 15) is 29.1 Å². The number of carbonyl (C=O) groups excluding carboxylic acids is 5. The van der Waals surface area contributed by atoms with E-state index in [-0.39, 0.29) is 24.4 Å². The molecule has 0 aliphatic heterocycles. The van der Waals surface area contributed by atoms with E-state index in [1.54, 1.807) is 19.9 Å². The van der Waals surface area contributed by atoms with Gasteiger partial charge in [-0.15, -0.1) is 0 Å². The van der Waals surface area contributed by atoms with Crippen molar-refractivity contribution in [3.05, 3.63) is 22.8 Å². The highest BCUT2D eigenvalue weighted by atomic mass is 16.6. The molecule has 1 fully saturated rings. The number of ketones is 2. The number of aliphatic hydroxyl groups is 1. The van der Waals surface area contributed by atoms with Crippen molar-refractivity contribution in [1.29, 1.82) is 0 Å². The zero-order valence-electron chi connectivity index (χ0n) is 21.3. The van der Waals surface area contributed by atoms with E-state index in [0.717, 1.165) is 0 Å². The summed E-state index contributed by atoms with van der Waals surface area (Å²) in [6.07, 6.45) is -1.97. The number of hydrogen-bond acceptors (Lipinski definition) is 9. The number of allylic oxidation sites excluding steroid dienone is 2. The number of ether oxygens (including phenoxy) is 3. The van der Waals surface area contributed by atoms with Crippen LogP contribution >= 0.6 is 0 Å². The molecule has 0 aromatic heterocycles. The molecule has 9 nitrogen and oxygen atoms in total. The zero-order valence-corrected chi connectivity index (χ0v) is 21.3. The second-order valence-corrected chi connectivity index (χ2v) is 10.5. The smallest absolute Gasteiger partial charge is 0.303 e. The number of hydrogen-bond donors (Lipinski definition) is 1. The topological polar surface area (TPSA) is 133 Å². The third kappa shape index (κ3) is 4.35. The van der Waals surface area contributed by atoms with Crippen molar-refractivity contribution < 1.29 is 43.3 Å². The predicted octanol–water partition coefficient (Wildman–Crippen LogP) is 2.24. The molecule has 0 saturated heterocycles. The van der Waals surface area contributed by atoms with Gasteiger partial charge in [-0.3, -0.25) is 24.0 Å². The molecule has 0 aromatic rings. The van der Waals surface area contributed by atoms with Gasteiger partial charge in [0, 0.05) is 45.4 Å². The van der Waals surface area contributed by atoms with Crippen LogP contribution in [0.3, 0.4) is 0 Å². The minimum absolute atomic E-state index is 0.0325. The SMILES string of the molecule is CC(=O)O[C@@H]1[C@@H]2CC(=O)C(C)=C([C@@H](OC(C)=O)[C@H](OC(C)=O)[C@]3(C)C(=O)CC=C(CO)[C@@H]13)C2(C)C. The lowest BCUT2D eigenvalue weighted by Crippen LogP contribution is -2.65. The third-order valence-corrected chi connectivity index (χ3v) is 7.99. The Kier molecular flexibility index (Phi) is 7.14. The molecule has 0 aromatic carbocycles. The van der Waals surface area contributed by atoms with Gasteiger partial charge in [-0.25, -0.2) is 0 Å². The van der Waals surface area contributed by atoms with Crippen molar-refractivity contribution in [3.63, 3.8) is 0 Å². The Morgan fingerprint density at radius 2 is 1.57 bits per heavy atom. The summed E-state index contributed by atoms with van der Waals surface area (Å²) in [5, 5.41) is 10.3. The van der Waals surface area contributed by atoms with Gasteiger partial charge in [0.15, 0.2) is 18.0 Å². The fourth-order valence-electron chi connectivity index (χ4n) is 6.43. The Morgan fingerprint density at radius 3 is 2.09 bits per heavy atom. The number of Topliss-reactive ketones (excluding diaryl/α,β-unsaturated/α-hetero) is 2. The molecule has 3 rings (SSSR count). The number of rotatable bonds is 4. The fraction of sp³-hybridized carbons (Fsp3) is 0.654. The van der Waals surface area contributed by atoms with Crippen LogP contribution in [-0.4, -0.2) is 59.5 Å². The first-order valence-corrected chi connectivity index (χ1v) is 11.8. The van der Waals surface area contributed by atoms with Crippen molar-refractivity contribution >= 4 is 29.5 Å². The van der Waals surface area contributed by atoms with Crippen LogP contribution in [-0.2, 0) is 38.2 Å². The Labute approximate surface area is 204 Å². The molecule has 2 bridgehead atoms. The van der Waals surface area contributed by atoms with Crippen LogP contribution in [0, 0.1) is 22.7 Å². The average Bonchev–Trinajstić information content (AvgIpc) is 2.73. The summed E-state index contributed by atoms with van der Waals surface area (Å²) in [5.41, 5.74) is -1.15. The van der Waals surface area contributed by atoms with Crippen LogP contribution < -0.4 is 0 Å². The standard InChI is InChI=1S/C26H34O9/c1-12-18(31)10-17-22(33-13(2)28)21-16(11-27)8-9-19(32)26(21,7)24(35-15(4)30)23(34-14(3)29)20(12)25(17,5)6/h8,17,21-24,27H,9-11H2,1-7H3/t17-,21-,22+,23+,24-,26+/m0/s1. The Hall–Kier alpha value is -2.81. The van der Waals surface area contributed by atoms with Crippen LogP contribution in [0.4, 0.5) is 0 Å². The quantitative estimate of drug-likeness (QED) is 0.358. The summed E-state index contributed by atoms with van der Waals surface area (Å²) in [4.78, 5) is 63.9. The molecule has 3 aliphatic rings. The minimum Gasteiger partial charge on any atom is -0.462 e. The second kappa shape index (κ2) is 9.33. The van der Waals surface area contributed by atoms with E-state index >= 15 is 0 Å². The second-order valence-electron chi connectivity index (χ2n) is 10.5. The Morgan fingerprint density at radius 1 is 1.00 bits per heavy atom. The molecule has 9 heteroatoms. The van der Waals surface area contributed by atoms with E-state index in [1.807, 2.05) is 13.8 Å². The van der Waals surface area contributed by atoms with Gasteiger partial charge in [0.2, 0.25) is 0 Å². The van der Waals surface area contributed by atoms with Crippen molar-refractivity contribution in [3.8, 4) is 0 Å². The van der Waals surface area contributed by atoms with E-state index in [2.05, 4.69) is 0 Å². The Balaban J connectivity index is 2.48. The van der Waals surface area contributed by atoms with Crippen LogP contribution in [0.1, 0.15) is 61.3 Å². The molecule has 0 unspecified atom stereocenters. The number of fused-ring (bicyclic) bond motifs is 3. The van der Waals surface area contributed by atoms with E-state index < -0.39 is 65.5 Å². The predicted molar refractivity (Wildman–Crippen MR) is 123 cm³/mol. The van der Waals surface area contributed by atoms with Gasteiger partial charge >= 0.3 is 17.9 Å². The molecule has 0 spiro atoms. The molecule has 192 valence electrons. The monoisotopic (exact) mass is 490 g/mol. The van der Waals surface area contributed by atoms with Crippen molar-refractivity contribution in [1.82, 2.24) is 0 Å². The first-order valence-electron chi connectivity index (χ1n) is 11.8. The zero-order chi connectivity index (χ0) is 26.5. The van der Waals surface area contributed by atoms with Crippen LogP contribution in [0.25, 0.3) is 0 Å². The molecule has 1 N–H and O–H groups in total. The van der Waals surface area contributed by atoms with Gasteiger partial charge in [-0.1, -0.05) is 19.9 Å². The van der Waals surface area contributed by atoms with Crippen LogP contribution in [0.15, 0.2) is 22.8 Å². The lowest BCUT2D eigenvalue weighted by atomic mass is 9.50. The number of esters is 3. The first-order chi connectivity index (χ1) is 16.2. The van der Waals surface area contributed by atoms with Crippen molar-refractivity contribution in [2.45, 2.75) is 79.6 Å². The van der Waals surface area contributed by atoms with E-state index in [1.165, 1.54) is 20.8 Å². The van der Waals surface area contributed by atoms with E-state index in [0.29, 0.717) is 16.7 Å². The molecular formula is C26H34O9. The summed E-state index contributed by atoms with van der Waals surface area (Å²) < 4.78 is 17.4. The highest BCUT2D eigenvalue weighted by Gasteiger charge is 2.65.